The van der Waals surface area contributed by atoms with E-state index in [0.717, 1.165) is 6.92 Å². The summed E-state index contributed by atoms with van der Waals surface area (Å²) in [5, 5.41) is 0. The van der Waals surface area contributed by atoms with Crippen LogP contribution in [-0.4, -0.2) is 11.8 Å². The third kappa shape index (κ3) is 3.69. The van der Waals surface area contributed by atoms with Gasteiger partial charge < -0.3 is 0 Å². The molecule has 0 aromatic heterocycles. The quantitative estimate of drug-likeness (QED) is 0.613. The molecule has 0 N–H and O–H groups in total. The molecule has 13 heavy (non-hydrogen) atoms. The number of halogens is 6. The van der Waals surface area contributed by atoms with Crippen LogP contribution < -0.4 is 0 Å². The topological polar surface area (TPSA) is 0 Å². The Morgan fingerprint density at radius 3 is 2.00 bits per heavy atom. The summed E-state index contributed by atoms with van der Waals surface area (Å²) >= 11 is 0. The molecule has 0 spiro atoms. The lowest BCUT2D eigenvalue weighted by atomic mass is 10.1. The lowest BCUT2D eigenvalue weighted by Crippen LogP contribution is -2.29. The van der Waals surface area contributed by atoms with Crippen LogP contribution in [0.15, 0.2) is 12.2 Å². The van der Waals surface area contributed by atoms with Gasteiger partial charge in [0.2, 0.25) is 0 Å². The Bertz CT molecular complexity index is 195. The number of alkyl halides is 4. The molecule has 0 saturated heterocycles. The van der Waals surface area contributed by atoms with E-state index in [4.69, 9.17) is 0 Å². The summed E-state index contributed by atoms with van der Waals surface area (Å²) in [6.07, 6.45) is -3.86. The fourth-order valence-corrected chi connectivity index (χ4v) is 0.614. The number of allylic oxidation sites excluding steroid dienone is 1. The van der Waals surface area contributed by atoms with Crippen molar-refractivity contribution in [3.05, 3.63) is 12.2 Å². The lowest BCUT2D eigenvalue weighted by Gasteiger charge is -2.20. The van der Waals surface area contributed by atoms with E-state index in [1.54, 1.807) is 0 Å². The summed E-state index contributed by atoms with van der Waals surface area (Å²) in [5.41, 5.74) is 0. The zero-order valence-corrected chi connectivity index (χ0v) is 6.76. The highest BCUT2D eigenvalue weighted by atomic mass is 19.3. The predicted molar refractivity (Wildman–Crippen MR) is 35.1 cm³/mol. The zero-order valence-electron chi connectivity index (χ0n) is 6.76. The molecule has 0 rings (SSSR count). The second kappa shape index (κ2) is 4.02. The average Bonchev–Trinajstić information content (AvgIpc) is 2.01. The molecule has 6 heteroatoms. The van der Waals surface area contributed by atoms with Gasteiger partial charge in [-0.1, -0.05) is 6.92 Å². The van der Waals surface area contributed by atoms with Crippen LogP contribution in [0.5, 0.6) is 0 Å². The maximum Gasteiger partial charge on any atom is 0.306 e. The first-order valence-electron chi connectivity index (χ1n) is 3.47. The largest absolute Gasteiger partial charge is 0.306 e. The van der Waals surface area contributed by atoms with Crippen LogP contribution in [-0.2, 0) is 0 Å². The van der Waals surface area contributed by atoms with E-state index < -0.39 is 36.8 Å². The molecule has 0 radical (unpaired) electrons. The Labute approximate surface area is 71.2 Å². The predicted octanol–water partition coefficient (Wildman–Crippen LogP) is 3.84. The van der Waals surface area contributed by atoms with Gasteiger partial charge >= 0.3 is 5.92 Å². The Hall–Kier alpha value is -0.680. The Balaban J connectivity index is 4.51. The maximum absolute atomic E-state index is 12.3. The van der Waals surface area contributed by atoms with Crippen LogP contribution >= 0.6 is 0 Å². The highest BCUT2D eigenvalue weighted by Gasteiger charge is 2.45. The van der Waals surface area contributed by atoms with Gasteiger partial charge in [-0.2, -0.15) is 8.78 Å². The Morgan fingerprint density at radius 1 is 1.23 bits per heavy atom. The van der Waals surface area contributed by atoms with Crippen molar-refractivity contribution in [3.63, 3.8) is 0 Å². The normalized spacial score (nSPS) is 14.8. The second-order valence-electron chi connectivity index (χ2n) is 2.55. The molecule has 0 atom stereocenters. The molecule has 0 amide bonds. The molecule has 0 nitrogen and oxygen atoms in total. The van der Waals surface area contributed by atoms with Gasteiger partial charge in [0.05, 0.1) is 6.42 Å². The van der Waals surface area contributed by atoms with Crippen LogP contribution in [0.4, 0.5) is 26.3 Å². The minimum atomic E-state index is -4.44. The van der Waals surface area contributed by atoms with Crippen molar-refractivity contribution in [2.24, 2.45) is 0 Å². The second-order valence-corrected chi connectivity index (χ2v) is 2.55. The minimum absolute atomic E-state index is 0.845. The van der Waals surface area contributed by atoms with Crippen LogP contribution in [0.2, 0.25) is 0 Å². The molecular weight excluding hydrogens is 198 g/mol. The molecule has 0 bridgehead atoms. The summed E-state index contributed by atoms with van der Waals surface area (Å²) in [6, 6.07) is 0. The standard InChI is InChI=1S/C7H8F6/c1-2-6(10,11)4-7(12,13)5(9)3-8/h3H,2,4H2,1H3/b5-3+. The molecule has 0 unspecified atom stereocenters. The first-order valence-corrected chi connectivity index (χ1v) is 3.47. The van der Waals surface area contributed by atoms with E-state index in [1.807, 2.05) is 0 Å². The van der Waals surface area contributed by atoms with E-state index in [0.29, 0.717) is 0 Å². The molecule has 0 aliphatic heterocycles. The molecular formula is C7H8F6. The summed E-state index contributed by atoms with van der Waals surface area (Å²) in [4.78, 5) is 0. The highest BCUT2D eigenvalue weighted by Crippen LogP contribution is 2.37. The molecule has 0 aliphatic carbocycles. The maximum atomic E-state index is 12.3. The van der Waals surface area contributed by atoms with Crippen molar-refractivity contribution in [1.82, 2.24) is 0 Å². The average molecular weight is 206 g/mol. The number of hydrogen-bond acceptors (Lipinski definition) is 0. The fourth-order valence-electron chi connectivity index (χ4n) is 0.614. The van der Waals surface area contributed by atoms with E-state index in [9.17, 15) is 26.3 Å². The lowest BCUT2D eigenvalue weighted by molar-refractivity contribution is -0.102. The molecule has 78 valence electrons. The zero-order chi connectivity index (χ0) is 10.7. The van der Waals surface area contributed by atoms with E-state index >= 15 is 0 Å². The van der Waals surface area contributed by atoms with Gasteiger partial charge in [-0.05, 0) is 0 Å². The van der Waals surface area contributed by atoms with Crippen LogP contribution in [0.3, 0.4) is 0 Å². The minimum Gasteiger partial charge on any atom is -0.212 e. The first kappa shape index (κ1) is 12.3. The Morgan fingerprint density at radius 2 is 1.69 bits per heavy atom. The molecule has 0 aromatic carbocycles. The monoisotopic (exact) mass is 206 g/mol. The van der Waals surface area contributed by atoms with Gasteiger partial charge in [-0.3, -0.25) is 0 Å². The summed E-state index contributed by atoms with van der Waals surface area (Å²) in [6.45, 7) is 0.979. The smallest absolute Gasteiger partial charge is 0.212 e. The van der Waals surface area contributed by atoms with Crippen molar-refractivity contribution in [1.29, 1.82) is 0 Å². The summed E-state index contributed by atoms with van der Waals surface area (Å²) in [7, 11) is 0. The highest BCUT2D eigenvalue weighted by molar-refractivity contribution is 5.02. The third-order valence-corrected chi connectivity index (χ3v) is 1.44. The van der Waals surface area contributed by atoms with Crippen molar-refractivity contribution in [2.45, 2.75) is 31.6 Å². The van der Waals surface area contributed by atoms with Gasteiger partial charge in [-0.25, -0.2) is 17.6 Å². The molecule has 0 fully saturated rings. The number of rotatable bonds is 4. The van der Waals surface area contributed by atoms with Crippen molar-refractivity contribution in [3.8, 4) is 0 Å². The van der Waals surface area contributed by atoms with Gasteiger partial charge in [0.15, 0.2) is 5.83 Å². The van der Waals surface area contributed by atoms with E-state index in [-0.39, 0.29) is 0 Å². The number of hydrogen-bond donors (Lipinski definition) is 0. The summed E-state index contributed by atoms with van der Waals surface area (Å²) in [5.74, 6) is -10.6. The van der Waals surface area contributed by atoms with E-state index in [2.05, 4.69) is 0 Å². The van der Waals surface area contributed by atoms with Gasteiger partial charge in [0.1, 0.15) is 6.33 Å². The van der Waals surface area contributed by atoms with Crippen LogP contribution in [0.25, 0.3) is 0 Å². The molecule has 0 saturated carbocycles. The van der Waals surface area contributed by atoms with Gasteiger partial charge in [0, 0.05) is 6.42 Å². The van der Waals surface area contributed by atoms with Crippen molar-refractivity contribution < 1.29 is 26.3 Å². The Kier molecular flexibility index (Phi) is 3.81. The summed E-state index contributed by atoms with van der Waals surface area (Å²) < 4.78 is 72.7. The molecule has 0 heterocycles. The van der Waals surface area contributed by atoms with Crippen LogP contribution in [0, 0.1) is 0 Å². The molecule has 0 aromatic rings. The van der Waals surface area contributed by atoms with E-state index in [1.165, 1.54) is 0 Å². The van der Waals surface area contributed by atoms with Crippen molar-refractivity contribution >= 4 is 0 Å². The molecule has 0 aliphatic rings. The first-order chi connectivity index (χ1) is 5.75. The third-order valence-electron chi connectivity index (χ3n) is 1.44. The van der Waals surface area contributed by atoms with Crippen molar-refractivity contribution in [2.75, 3.05) is 0 Å². The SMILES string of the molecule is CCC(F)(F)CC(F)(F)/C(F)=C\F. The van der Waals surface area contributed by atoms with Gasteiger partial charge in [0.25, 0.3) is 5.92 Å². The fraction of sp³-hybridized carbons (Fsp3) is 0.714. The van der Waals surface area contributed by atoms with Gasteiger partial charge in [-0.15, -0.1) is 0 Å². The van der Waals surface area contributed by atoms with Crippen LogP contribution in [0.1, 0.15) is 19.8 Å².